The van der Waals surface area contributed by atoms with Crippen molar-refractivity contribution in [3.8, 4) is 0 Å². The summed E-state index contributed by atoms with van der Waals surface area (Å²) in [5.41, 5.74) is 1.07. The number of aromatic nitrogens is 2. The van der Waals surface area contributed by atoms with Crippen LogP contribution in [0.1, 0.15) is 10.4 Å². The molecule has 0 saturated carbocycles. The molecule has 0 fully saturated rings. The van der Waals surface area contributed by atoms with E-state index in [4.69, 9.17) is 11.6 Å². The van der Waals surface area contributed by atoms with Crippen molar-refractivity contribution in [1.82, 2.24) is 9.78 Å². The highest BCUT2D eigenvalue weighted by atomic mass is 79.9. The number of nitrogens with zero attached hydrogens (tertiary/aromatic N) is 2. The summed E-state index contributed by atoms with van der Waals surface area (Å²) in [5.74, 6) is -0.234. The quantitative estimate of drug-likeness (QED) is 0.926. The average Bonchev–Trinajstić information content (AvgIpc) is 2.69. The molecular weight excluding hydrogens is 305 g/mol. The Morgan fingerprint density at radius 3 is 2.88 bits per heavy atom. The van der Waals surface area contributed by atoms with Gasteiger partial charge in [0.25, 0.3) is 5.91 Å². The lowest BCUT2D eigenvalue weighted by atomic mass is 10.3. The number of hydrogen-bond acceptors (Lipinski definition) is 2. The Bertz CT molecular complexity index is 568. The fourth-order valence-corrected chi connectivity index (χ4v) is 2.04. The van der Waals surface area contributed by atoms with Gasteiger partial charge < -0.3 is 5.32 Å². The van der Waals surface area contributed by atoms with E-state index >= 15 is 0 Å². The lowest BCUT2D eigenvalue weighted by molar-refractivity contribution is 0.102. The number of nitrogens with one attached hydrogen (secondary N) is 1. The summed E-state index contributed by atoms with van der Waals surface area (Å²) in [6, 6.07) is 5.27. The summed E-state index contributed by atoms with van der Waals surface area (Å²) in [7, 11) is 1.75. The summed E-state index contributed by atoms with van der Waals surface area (Å²) in [6.45, 7) is 0. The number of hydrogen-bond donors (Lipinski definition) is 1. The number of halogens is 2. The van der Waals surface area contributed by atoms with Gasteiger partial charge >= 0.3 is 0 Å². The second kappa shape index (κ2) is 4.89. The first kappa shape index (κ1) is 12.1. The monoisotopic (exact) mass is 313 g/mol. The number of rotatable bonds is 2. The van der Waals surface area contributed by atoms with E-state index in [1.54, 1.807) is 30.1 Å². The molecule has 4 nitrogen and oxygen atoms in total. The van der Waals surface area contributed by atoms with Gasteiger partial charge in [0.05, 0.1) is 22.5 Å². The smallest absolute Gasteiger partial charge is 0.258 e. The maximum atomic E-state index is 11.8. The largest absolute Gasteiger partial charge is 0.321 e. The van der Waals surface area contributed by atoms with E-state index in [0.717, 1.165) is 4.47 Å². The number of anilines is 1. The Kier molecular flexibility index (Phi) is 3.49. The molecule has 2 rings (SSSR count). The third-order valence-electron chi connectivity index (χ3n) is 2.15. The third-order valence-corrected chi connectivity index (χ3v) is 2.95. The minimum Gasteiger partial charge on any atom is -0.321 e. The Morgan fingerprint density at radius 2 is 2.29 bits per heavy atom. The van der Waals surface area contributed by atoms with E-state index in [1.165, 1.54) is 6.20 Å². The van der Waals surface area contributed by atoms with Gasteiger partial charge in [-0.1, -0.05) is 27.5 Å². The first-order valence-corrected chi connectivity index (χ1v) is 5.98. The maximum Gasteiger partial charge on any atom is 0.258 e. The minimum absolute atomic E-state index is 0.234. The molecule has 1 aromatic heterocycles. The summed E-state index contributed by atoms with van der Waals surface area (Å²) in [4.78, 5) is 11.8. The zero-order chi connectivity index (χ0) is 12.4. The molecule has 0 aliphatic carbocycles. The molecule has 88 valence electrons. The highest BCUT2D eigenvalue weighted by Crippen LogP contribution is 2.25. The normalized spacial score (nSPS) is 10.3. The molecule has 2 aromatic rings. The average molecular weight is 315 g/mol. The van der Waals surface area contributed by atoms with E-state index in [-0.39, 0.29) is 5.91 Å². The highest BCUT2D eigenvalue weighted by molar-refractivity contribution is 9.10. The number of benzene rings is 1. The molecule has 17 heavy (non-hydrogen) atoms. The number of carbonyl (C=O) groups excluding carboxylic acids is 1. The van der Waals surface area contributed by atoms with Crippen molar-refractivity contribution >= 4 is 39.1 Å². The Labute approximate surface area is 112 Å². The first-order chi connectivity index (χ1) is 8.06. The molecule has 0 aliphatic rings. The zero-order valence-corrected chi connectivity index (χ0v) is 11.3. The van der Waals surface area contributed by atoms with Crippen LogP contribution in [-0.2, 0) is 7.05 Å². The minimum atomic E-state index is -0.234. The number of aryl methyl sites for hydroxylation is 1. The molecule has 1 heterocycles. The molecule has 0 spiro atoms. The van der Waals surface area contributed by atoms with E-state index in [2.05, 4.69) is 26.3 Å². The van der Waals surface area contributed by atoms with Gasteiger partial charge in [0.15, 0.2) is 0 Å². The van der Waals surface area contributed by atoms with Crippen molar-refractivity contribution in [2.45, 2.75) is 0 Å². The van der Waals surface area contributed by atoms with Crippen molar-refractivity contribution in [2.75, 3.05) is 5.32 Å². The standard InChI is InChI=1S/C11H9BrClN3O/c1-16-6-7(5-14-16)11(17)15-10-3-2-8(12)4-9(10)13/h2-6H,1H3,(H,15,17). The van der Waals surface area contributed by atoms with Crippen LogP contribution in [0, 0.1) is 0 Å². The Morgan fingerprint density at radius 1 is 1.53 bits per heavy atom. The van der Waals surface area contributed by atoms with E-state index in [1.807, 2.05) is 6.07 Å². The van der Waals surface area contributed by atoms with Crippen molar-refractivity contribution in [3.63, 3.8) is 0 Å². The van der Waals surface area contributed by atoms with Crippen molar-refractivity contribution in [1.29, 1.82) is 0 Å². The van der Waals surface area contributed by atoms with Gasteiger partial charge in [-0.25, -0.2) is 0 Å². The fraction of sp³-hybridized carbons (Fsp3) is 0.0909. The van der Waals surface area contributed by atoms with Crippen LogP contribution in [0.4, 0.5) is 5.69 Å². The molecule has 6 heteroatoms. The van der Waals surface area contributed by atoms with Gasteiger partial charge in [-0.3, -0.25) is 9.48 Å². The van der Waals surface area contributed by atoms with Crippen LogP contribution in [0.5, 0.6) is 0 Å². The second-order valence-electron chi connectivity index (χ2n) is 3.48. The van der Waals surface area contributed by atoms with Crippen LogP contribution in [0.15, 0.2) is 35.1 Å². The Hall–Kier alpha value is -1.33. The summed E-state index contributed by atoms with van der Waals surface area (Å²) >= 11 is 9.30. The van der Waals surface area contributed by atoms with Gasteiger partial charge in [0.2, 0.25) is 0 Å². The molecule has 1 aromatic carbocycles. The van der Waals surface area contributed by atoms with Crippen LogP contribution in [0.25, 0.3) is 0 Å². The number of amides is 1. The van der Waals surface area contributed by atoms with Crippen LogP contribution in [0.2, 0.25) is 5.02 Å². The van der Waals surface area contributed by atoms with E-state index < -0.39 is 0 Å². The lowest BCUT2D eigenvalue weighted by Gasteiger charge is -2.05. The van der Waals surface area contributed by atoms with Crippen LogP contribution in [0.3, 0.4) is 0 Å². The van der Waals surface area contributed by atoms with Gasteiger partial charge in [0.1, 0.15) is 0 Å². The van der Waals surface area contributed by atoms with Gasteiger partial charge in [-0.2, -0.15) is 5.10 Å². The molecule has 0 saturated heterocycles. The molecule has 0 bridgehead atoms. The molecule has 0 unspecified atom stereocenters. The van der Waals surface area contributed by atoms with E-state index in [0.29, 0.717) is 16.3 Å². The fourth-order valence-electron chi connectivity index (χ4n) is 1.32. The predicted octanol–water partition coefficient (Wildman–Crippen LogP) is 3.09. The Balaban J connectivity index is 2.18. The SMILES string of the molecule is Cn1cc(C(=O)Nc2ccc(Br)cc2Cl)cn1. The van der Waals surface area contributed by atoms with Crippen LogP contribution < -0.4 is 5.32 Å². The van der Waals surface area contributed by atoms with Crippen LogP contribution in [-0.4, -0.2) is 15.7 Å². The maximum absolute atomic E-state index is 11.8. The molecule has 1 amide bonds. The summed E-state index contributed by atoms with van der Waals surface area (Å²) in [5, 5.41) is 7.14. The zero-order valence-electron chi connectivity index (χ0n) is 8.95. The summed E-state index contributed by atoms with van der Waals surface area (Å²) in [6.07, 6.45) is 3.14. The third kappa shape index (κ3) is 2.87. The molecule has 0 atom stereocenters. The first-order valence-electron chi connectivity index (χ1n) is 4.81. The number of carbonyl (C=O) groups is 1. The van der Waals surface area contributed by atoms with Crippen molar-refractivity contribution in [3.05, 3.63) is 45.7 Å². The lowest BCUT2D eigenvalue weighted by Crippen LogP contribution is -2.11. The molecule has 0 aliphatic heterocycles. The summed E-state index contributed by atoms with van der Waals surface area (Å²) < 4.78 is 2.43. The molecular formula is C11H9BrClN3O. The van der Waals surface area contributed by atoms with Gasteiger partial charge in [-0.05, 0) is 18.2 Å². The van der Waals surface area contributed by atoms with Crippen molar-refractivity contribution < 1.29 is 4.79 Å². The van der Waals surface area contributed by atoms with Gasteiger partial charge in [-0.15, -0.1) is 0 Å². The van der Waals surface area contributed by atoms with Crippen LogP contribution >= 0.6 is 27.5 Å². The second-order valence-corrected chi connectivity index (χ2v) is 4.80. The predicted molar refractivity (Wildman–Crippen MR) is 70.3 cm³/mol. The van der Waals surface area contributed by atoms with E-state index in [9.17, 15) is 4.79 Å². The van der Waals surface area contributed by atoms with Gasteiger partial charge in [0, 0.05) is 17.7 Å². The topological polar surface area (TPSA) is 46.9 Å². The molecule has 1 N–H and O–H groups in total. The van der Waals surface area contributed by atoms with Crippen molar-refractivity contribution in [2.24, 2.45) is 7.05 Å². The molecule has 0 radical (unpaired) electrons. The highest BCUT2D eigenvalue weighted by Gasteiger charge is 2.10.